The summed E-state index contributed by atoms with van der Waals surface area (Å²) in [6.45, 7) is 8.26. The average molecular weight is 418 g/mol. The fraction of sp³-hybridized carbons (Fsp3) is 0.550. The van der Waals surface area contributed by atoms with Gasteiger partial charge in [-0.3, -0.25) is 4.79 Å². The third kappa shape index (κ3) is 3.93. The summed E-state index contributed by atoms with van der Waals surface area (Å²) in [6, 6.07) is 7.10. The van der Waals surface area contributed by atoms with Crippen LogP contribution in [0.25, 0.3) is 0 Å². The van der Waals surface area contributed by atoms with Crippen LogP contribution < -0.4 is 0 Å². The smallest absolute Gasteiger partial charge is 0.243 e. The van der Waals surface area contributed by atoms with Crippen molar-refractivity contribution in [3.63, 3.8) is 0 Å². The van der Waals surface area contributed by atoms with Crippen LogP contribution in [0, 0.1) is 0 Å². The summed E-state index contributed by atoms with van der Waals surface area (Å²) in [7, 11) is -3.51. The highest BCUT2D eigenvalue weighted by molar-refractivity contribution is 7.89. The molecule has 3 heterocycles. The van der Waals surface area contributed by atoms with Gasteiger partial charge in [0.05, 0.1) is 23.7 Å². The van der Waals surface area contributed by atoms with Crippen molar-refractivity contribution in [3.05, 3.63) is 41.7 Å². The standard InChI is InChI=1S/C20H27N5O3S/c1-20(2,3)15-6-8-18(9-7-15)29(27,28)24-13-17(14-24)25-12-16(21-22-25)11-23-10-4-5-19(23)26/h6-9,12,17H,4-5,10-11,13-14H2,1-3H3. The van der Waals surface area contributed by atoms with Crippen molar-refractivity contribution >= 4 is 15.9 Å². The lowest BCUT2D eigenvalue weighted by Gasteiger charge is -2.37. The number of benzene rings is 1. The van der Waals surface area contributed by atoms with Crippen LogP contribution in [0.3, 0.4) is 0 Å². The van der Waals surface area contributed by atoms with Crippen molar-refractivity contribution in [2.45, 2.75) is 56.5 Å². The Labute approximate surface area is 171 Å². The Kier molecular flexibility index (Phi) is 4.98. The molecule has 8 nitrogen and oxygen atoms in total. The molecule has 0 spiro atoms. The molecule has 9 heteroatoms. The van der Waals surface area contributed by atoms with Gasteiger partial charge in [0.2, 0.25) is 15.9 Å². The summed E-state index contributed by atoms with van der Waals surface area (Å²) in [4.78, 5) is 13.8. The first kappa shape index (κ1) is 20.0. The van der Waals surface area contributed by atoms with Gasteiger partial charge in [0.25, 0.3) is 0 Å². The predicted octanol–water partition coefficient (Wildman–Crippen LogP) is 1.94. The van der Waals surface area contributed by atoms with Gasteiger partial charge in [-0.15, -0.1) is 5.10 Å². The number of hydrogen-bond acceptors (Lipinski definition) is 5. The second-order valence-corrected chi connectivity index (χ2v) is 10.8. The number of nitrogens with zero attached hydrogens (tertiary/aromatic N) is 5. The highest BCUT2D eigenvalue weighted by Crippen LogP contribution is 2.29. The maximum absolute atomic E-state index is 12.9. The van der Waals surface area contributed by atoms with Crippen LogP contribution in [-0.4, -0.2) is 58.2 Å². The number of aromatic nitrogens is 3. The van der Waals surface area contributed by atoms with E-state index in [1.165, 1.54) is 4.31 Å². The van der Waals surface area contributed by atoms with Gasteiger partial charge < -0.3 is 4.90 Å². The Morgan fingerprint density at radius 1 is 1.14 bits per heavy atom. The molecule has 0 aliphatic carbocycles. The maximum atomic E-state index is 12.9. The zero-order valence-corrected chi connectivity index (χ0v) is 17.9. The second kappa shape index (κ2) is 7.21. The molecule has 1 aromatic carbocycles. The molecule has 0 bridgehead atoms. The molecular formula is C20H27N5O3S. The lowest BCUT2D eigenvalue weighted by molar-refractivity contribution is -0.128. The zero-order valence-electron chi connectivity index (χ0n) is 17.1. The minimum Gasteiger partial charge on any atom is -0.337 e. The molecule has 2 fully saturated rings. The summed E-state index contributed by atoms with van der Waals surface area (Å²) in [5.41, 5.74) is 1.82. The van der Waals surface area contributed by atoms with Gasteiger partial charge in [0, 0.05) is 26.1 Å². The molecular weight excluding hydrogens is 390 g/mol. The van der Waals surface area contributed by atoms with Gasteiger partial charge in [0.15, 0.2) is 0 Å². The summed E-state index contributed by atoms with van der Waals surface area (Å²) in [5.74, 6) is 0.151. The first-order valence-electron chi connectivity index (χ1n) is 9.94. The van der Waals surface area contributed by atoms with Gasteiger partial charge in [-0.2, -0.15) is 4.31 Å². The largest absolute Gasteiger partial charge is 0.337 e. The highest BCUT2D eigenvalue weighted by atomic mass is 32.2. The van der Waals surface area contributed by atoms with Crippen LogP contribution in [0.4, 0.5) is 0 Å². The third-order valence-electron chi connectivity index (χ3n) is 5.64. The molecule has 2 aliphatic heterocycles. The van der Waals surface area contributed by atoms with E-state index in [4.69, 9.17) is 0 Å². The number of sulfonamides is 1. The first-order valence-corrected chi connectivity index (χ1v) is 11.4. The summed E-state index contributed by atoms with van der Waals surface area (Å²) >= 11 is 0. The minimum atomic E-state index is -3.51. The van der Waals surface area contributed by atoms with Crippen molar-refractivity contribution in [2.75, 3.05) is 19.6 Å². The number of likely N-dealkylation sites (tertiary alicyclic amines) is 1. The fourth-order valence-corrected chi connectivity index (χ4v) is 5.20. The van der Waals surface area contributed by atoms with E-state index in [-0.39, 0.29) is 17.4 Å². The van der Waals surface area contributed by atoms with E-state index in [9.17, 15) is 13.2 Å². The maximum Gasteiger partial charge on any atom is 0.243 e. The van der Waals surface area contributed by atoms with Crippen LogP contribution in [0.1, 0.15) is 50.9 Å². The summed E-state index contributed by atoms with van der Waals surface area (Å²) in [6.07, 6.45) is 3.30. The Bertz CT molecular complexity index is 1000. The van der Waals surface area contributed by atoms with Crippen LogP contribution in [0.15, 0.2) is 35.4 Å². The number of carbonyl (C=O) groups excluding carboxylic acids is 1. The predicted molar refractivity (Wildman–Crippen MR) is 108 cm³/mol. The topological polar surface area (TPSA) is 88.4 Å². The van der Waals surface area contributed by atoms with Gasteiger partial charge in [0.1, 0.15) is 5.69 Å². The van der Waals surface area contributed by atoms with Gasteiger partial charge in [-0.05, 0) is 29.5 Å². The molecule has 0 unspecified atom stereocenters. The van der Waals surface area contributed by atoms with Crippen LogP contribution in [0.2, 0.25) is 0 Å². The third-order valence-corrected chi connectivity index (χ3v) is 7.49. The monoisotopic (exact) mass is 417 g/mol. The Hall–Kier alpha value is -2.26. The lowest BCUT2D eigenvalue weighted by Crippen LogP contribution is -2.50. The molecule has 156 valence electrons. The van der Waals surface area contributed by atoms with Crippen molar-refractivity contribution in [2.24, 2.45) is 0 Å². The van der Waals surface area contributed by atoms with E-state index in [1.807, 2.05) is 18.3 Å². The van der Waals surface area contributed by atoms with Crippen molar-refractivity contribution in [3.8, 4) is 0 Å². The molecule has 29 heavy (non-hydrogen) atoms. The molecule has 2 saturated heterocycles. The van der Waals surface area contributed by atoms with Gasteiger partial charge in [-0.1, -0.05) is 38.1 Å². The Morgan fingerprint density at radius 2 is 1.83 bits per heavy atom. The van der Waals surface area contributed by atoms with E-state index in [1.54, 1.807) is 21.7 Å². The zero-order chi connectivity index (χ0) is 20.8. The van der Waals surface area contributed by atoms with E-state index in [0.717, 1.165) is 24.2 Å². The second-order valence-electron chi connectivity index (χ2n) is 8.86. The highest BCUT2D eigenvalue weighted by Gasteiger charge is 2.38. The van der Waals surface area contributed by atoms with Gasteiger partial charge in [-0.25, -0.2) is 13.1 Å². The fourth-order valence-electron chi connectivity index (χ4n) is 3.69. The van der Waals surface area contributed by atoms with Crippen molar-refractivity contribution in [1.29, 1.82) is 0 Å². The number of carbonyl (C=O) groups is 1. The molecule has 1 amide bonds. The van der Waals surface area contributed by atoms with E-state index < -0.39 is 10.0 Å². The quantitative estimate of drug-likeness (QED) is 0.742. The molecule has 2 aliphatic rings. The molecule has 0 saturated carbocycles. The molecule has 2 aromatic rings. The molecule has 0 radical (unpaired) electrons. The van der Waals surface area contributed by atoms with Crippen LogP contribution >= 0.6 is 0 Å². The van der Waals surface area contributed by atoms with Crippen LogP contribution in [0.5, 0.6) is 0 Å². The van der Waals surface area contributed by atoms with E-state index in [0.29, 0.717) is 31.0 Å². The SMILES string of the molecule is CC(C)(C)c1ccc(S(=O)(=O)N2CC(n3cc(CN4CCCC4=O)nn3)C2)cc1. The van der Waals surface area contributed by atoms with Crippen molar-refractivity contribution < 1.29 is 13.2 Å². The molecule has 0 atom stereocenters. The lowest BCUT2D eigenvalue weighted by atomic mass is 9.87. The Balaban J connectivity index is 1.38. The minimum absolute atomic E-state index is 0.0192. The van der Waals surface area contributed by atoms with Crippen LogP contribution in [-0.2, 0) is 26.8 Å². The van der Waals surface area contributed by atoms with Crippen molar-refractivity contribution in [1.82, 2.24) is 24.2 Å². The molecule has 1 aromatic heterocycles. The number of hydrogen-bond donors (Lipinski definition) is 0. The van der Waals surface area contributed by atoms with E-state index in [2.05, 4.69) is 31.1 Å². The number of amides is 1. The first-order chi connectivity index (χ1) is 13.6. The van der Waals surface area contributed by atoms with Gasteiger partial charge >= 0.3 is 0 Å². The van der Waals surface area contributed by atoms with E-state index >= 15 is 0 Å². The number of rotatable bonds is 5. The summed E-state index contributed by atoms with van der Waals surface area (Å²) in [5, 5.41) is 8.29. The average Bonchev–Trinajstić information content (AvgIpc) is 3.23. The normalized spacial score (nSPS) is 19.0. The summed E-state index contributed by atoms with van der Waals surface area (Å²) < 4.78 is 28.9. The molecule has 4 rings (SSSR count). The molecule has 0 N–H and O–H groups in total. The Morgan fingerprint density at radius 3 is 2.41 bits per heavy atom.